The predicted octanol–water partition coefficient (Wildman–Crippen LogP) is 4.29. The molecule has 0 spiro atoms. The molecule has 0 aromatic heterocycles. The van der Waals surface area contributed by atoms with Gasteiger partial charge in [-0.3, -0.25) is 4.79 Å². The Bertz CT molecular complexity index is 820. The number of hydrogen-bond donors (Lipinski definition) is 0. The second kappa shape index (κ2) is 7.99. The summed E-state index contributed by atoms with van der Waals surface area (Å²) in [4.78, 5) is 14.3. The standard InChI is InChI=1S/C20H19F2NO3/c1-25-18-13-14(8-10-17(18)26-20(21)22)9-11-19(24)23-12-4-6-15-5-2-3-7-16(15)23/h2-3,5,7-11,13,20H,4,6,12H2,1H3/b11-9+. The second-order valence-electron chi connectivity index (χ2n) is 5.84. The van der Waals surface area contributed by atoms with Gasteiger partial charge < -0.3 is 14.4 Å². The SMILES string of the molecule is COc1cc(/C=C/C(=O)N2CCCc3ccccc32)ccc1OC(F)F. The fourth-order valence-corrected chi connectivity index (χ4v) is 3.00. The van der Waals surface area contributed by atoms with Crippen molar-refractivity contribution in [1.82, 2.24) is 0 Å². The van der Waals surface area contributed by atoms with E-state index in [4.69, 9.17) is 4.74 Å². The molecule has 136 valence electrons. The van der Waals surface area contributed by atoms with Crippen molar-refractivity contribution in [2.24, 2.45) is 0 Å². The summed E-state index contributed by atoms with van der Waals surface area (Å²) in [5, 5.41) is 0. The molecule has 0 saturated carbocycles. The molecule has 0 fully saturated rings. The summed E-state index contributed by atoms with van der Waals surface area (Å²) in [5.41, 5.74) is 2.75. The minimum absolute atomic E-state index is 0.0454. The lowest BCUT2D eigenvalue weighted by molar-refractivity contribution is -0.114. The highest BCUT2D eigenvalue weighted by atomic mass is 19.3. The number of fused-ring (bicyclic) bond motifs is 1. The Morgan fingerprint density at radius 2 is 2.00 bits per heavy atom. The fraction of sp³-hybridized carbons (Fsp3) is 0.250. The molecule has 0 bridgehead atoms. The largest absolute Gasteiger partial charge is 0.493 e. The normalized spacial score (nSPS) is 13.8. The third-order valence-corrected chi connectivity index (χ3v) is 4.20. The summed E-state index contributed by atoms with van der Waals surface area (Å²) in [5.74, 6) is 0.0168. The molecular formula is C20H19F2NO3. The quantitative estimate of drug-likeness (QED) is 0.748. The number of rotatable bonds is 5. The molecule has 0 N–H and O–H groups in total. The van der Waals surface area contributed by atoms with Gasteiger partial charge in [0, 0.05) is 18.3 Å². The van der Waals surface area contributed by atoms with Crippen LogP contribution in [0.3, 0.4) is 0 Å². The number of carbonyl (C=O) groups excluding carboxylic acids is 1. The molecule has 1 heterocycles. The number of amides is 1. The van der Waals surface area contributed by atoms with Crippen molar-refractivity contribution in [1.29, 1.82) is 0 Å². The van der Waals surface area contributed by atoms with Gasteiger partial charge in [-0.05, 0) is 48.2 Å². The number of benzene rings is 2. The Balaban J connectivity index is 1.77. The van der Waals surface area contributed by atoms with Crippen LogP contribution in [0, 0.1) is 0 Å². The number of hydrogen-bond acceptors (Lipinski definition) is 3. The van der Waals surface area contributed by atoms with E-state index in [2.05, 4.69) is 4.74 Å². The Morgan fingerprint density at radius 1 is 1.19 bits per heavy atom. The molecule has 1 aliphatic heterocycles. The number of carbonyl (C=O) groups is 1. The minimum Gasteiger partial charge on any atom is -0.493 e. The zero-order valence-corrected chi connectivity index (χ0v) is 14.3. The molecule has 0 unspecified atom stereocenters. The van der Waals surface area contributed by atoms with Crippen LogP contribution in [0.4, 0.5) is 14.5 Å². The van der Waals surface area contributed by atoms with Crippen molar-refractivity contribution < 1.29 is 23.0 Å². The van der Waals surface area contributed by atoms with Crippen LogP contribution < -0.4 is 14.4 Å². The van der Waals surface area contributed by atoms with E-state index in [9.17, 15) is 13.6 Å². The van der Waals surface area contributed by atoms with E-state index < -0.39 is 6.61 Å². The molecule has 2 aromatic carbocycles. The Labute approximate surface area is 150 Å². The van der Waals surface area contributed by atoms with Crippen molar-refractivity contribution in [2.45, 2.75) is 19.5 Å². The maximum Gasteiger partial charge on any atom is 0.387 e. The Morgan fingerprint density at radius 3 is 2.77 bits per heavy atom. The summed E-state index contributed by atoms with van der Waals surface area (Å²) in [6.07, 6.45) is 5.00. The van der Waals surface area contributed by atoms with E-state index in [1.165, 1.54) is 19.3 Å². The van der Waals surface area contributed by atoms with E-state index in [-0.39, 0.29) is 17.4 Å². The maximum absolute atomic E-state index is 12.6. The first kappa shape index (κ1) is 17.9. The van der Waals surface area contributed by atoms with Crippen LogP contribution in [0.25, 0.3) is 6.08 Å². The van der Waals surface area contributed by atoms with Gasteiger partial charge in [0.25, 0.3) is 5.91 Å². The number of halogens is 2. The van der Waals surface area contributed by atoms with Gasteiger partial charge in [-0.2, -0.15) is 8.78 Å². The average Bonchev–Trinajstić information content (AvgIpc) is 2.66. The monoisotopic (exact) mass is 359 g/mol. The zero-order valence-electron chi connectivity index (χ0n) is 14.3. The van der Waals surface area contributed by atoms with Gasteiger partial charge in [-0.15, -0.1) is 0 Å². The van der Waals surface area contributed by atoms with Crippen LogP contribution in [-0.2, 0) is 11.2 Å². The van der Waals surface area contributed by atoms with Gasteiger partial charge in [-0.25, -0.2) is 0 Å². The zero-order chi connectivity index (χ0) is 18.5. The van der Waals surface area contributed by atoms with E-state index in [0.29, 0.717) is 12.1 Å². The number of para-hydroxylation sites is 1. The molecule has 0 atom stereocenters. The fourth-order valence-electron chi connectivity index (χ4n) is 3.00. The lowest BCUT2D eigenvalue weighted by Crippen LogP contribution is -2.34. The van der Waals surface area contributed by atoms with E-state index in [1.807, 2.05) is 24.3 Å². The molecule has 1 aliphatic rings. The topological polar surface area (TPSA) is 38.8 Å². The van der Waals surface area contributed by atoms with Crippen LogP contribution in [0.5, 0.6) is 11.5 Å². The summed E-state index contributed by atoms with van der Waals surface area (Å²) >= 11 is 0. The first-order chi connectivity index (χ1) is 12.6. The van der Waals surface area contributed by atoms with Gasteiger partial charge >= 0.3 is 6.61 Å². The number of methoxy groups -OCH3 is 1. The van der Waals surface area contributed by atoms with Gasteiger partial charge in [0.2, 0.25) is 0 Å². The van der Waals surface area contributed by atoms with Crippen LogP contribution in [0.2, 0.25) is 0 Å². The highest BCUT2D eigenvalue weighted by molar-refractivity contribution is 6.04. The third-order valence-electron chi connectivity index (χ3n) is 4.20. The lowest BCUT2D eigenvalue weighted by atomic mass is 10.0. The van der Waals surface area contributed by atoms with E-state index in [0.717, 1.165) is 24.1 Å². The van der Waals surface area contributed by atoms with E-state index in [1.54, 1.807) is 23.1 Å². The van der Waals surface area contributed by atoms with Gasteiger partial charge in [-0.1, -0.05) is 24.3 Å². The number of ether oxygens (including phenoxy) is 2. The van der Waals surface area contributed by atoms with Crippen molar-refractivity contribution in [2.75, 3.05) is 18.6 Å². The highest BCUT2D eigenvalue weighted by Crippen LogP contribution is 2.30. The molecular weight excluding hydrogens is 340 g/mol. The van der Waals surface area contributed by atoms with Crippen molar-refractivity contribution in [3.63, 3.8) is 0 Å². The number of anilines is 1. The predicted molar refractivity (Wildman–Crippen MR) is 95.8 cm³/mol. The number of nitrogens with zero attached hydrogens (tertiary/aromatic N) is 1. The van der Waals surface area contributed by atoms with Crippen LogP contribution in [-0.4, -0.2) is 26.2 Å². The van der Waals surface area contributed by atoms with Crippen LogP contribution in [0.15, 0.2) is 48.5 Å². The van der Waals surface area contributed by atoms with Gasteiger partial charge in [0.1, 0.15) is 0 Å². The van der Waals surface area contributed by atoms with Gasteiger partial charge in [0.15, 0.2) is 11.5 Å². The summed E-state index contributed by atoms with van der Waals surface area (Å²) in [6.45, 7) is -2.25. The maximum atomic E-state index is 12.6. The first-order valence-corrected chi connectivity index (χ1v) is 8.29. The average molecular weight is 359 g/mol. The molecule has 0 aliphatic carbocycles. The summed E-state index contributed by atoms with van der Waals surface area (Å²) in [7, 11) is 1.37. The minimum atomic E-state index is -2.92. The number of alkyl halides is 2. The molecule has 6 heteroatoms. The molecule has 3 rings (SSSR count). The van der Waals surface area contributed by atoms with Crippen molar-refractivity contribution in [3.05, 3.63) is 59.7 Å². The third kappa shape index (κ3) is 4.02. The highest BCUT2D eigenvalue weighted by Gasteiger charge is 2.20. The smallest absolute Gasteiger partial charge is 0.387 e. The molecule has 4 nitrogen and oxygen atoms in total. The van der Waals surface area contributed by atoms with Crippen molar-refractivity contribution >= 4 is 17.7 Å². The Kier molecular flexibility index (Phi) is 5.51. The lowest BCUT2D eigenvalue weighted by Gasteiger charge is -2.28. The molecule has 0 radical (unpaired) electrons. The van der Waals surface area contributed by atoms with Crippen LogP contribution >= 0.6 is 0 Å². The van der Waals surface area contributed by atoms with Gasteiger partial charge in [0.05, 0.1) is 7.11 Å². The molecule has 2 aromatic rings. The van der Waals surface area contributed by atoms with Crippen molar-refractivity contribution in [3.8, 4) is 11.5 Å². The van der Waals surface area contributed by atoms with E-state index >= 15 is 0 Å². The first-order valence-electron chi connectivity index (χ1n) is 8.29. The summed E-state index contributed by atoms with van der Waals surface area (Å²) in [6, 6.07) is 12.4. The molecule has 1 amide bonds. The molecule has 0 saturated heterocycles. The number of aryl methyl sites for hydroxylation is 1. The van der Waals surface area contributed by atoms with Crippen LogP contribution in [0.1, 0.15) is 17.5 Å². The Hall–Kier alpha value is -2.89. The second-order valence-corrected chi connectivity index (χ2v) is 5.84. The summed E-state index contributed by atoms with van der Waals surface area (Å²) < 4.78 is 34.2. The molecule has 26 heavy (non-hydrogen) atoms.